The molecular formula is C9H13NS. The monoisotopic (exact) mass is 167 g/mol. The van der Waals surface area contributed by atoms with Crippen LogP contribution in [0.5, 0.6) is 0 Å². The molecule has 0 aromatic carbocycles. The van der Waals surface area contributed by atoms with Crippen molar-refractivity contribution in [1.29, 1.82) is 0 Å². The molecule has 1 fully saturated rings. The molecule has 0 spiro atoms. The summed E-state index contributed by atoms with van der Waals surface area (Å²) in [6.45, 7) is 2.17. The topological polar surface area (TPSA) is 12.9 Å². The maximum atomic E-state index is 4.53. The Kier molecular flexibility index (Phi) is 1.95. The summed E-state index contributed by atoms with van der Waals surface area (Å²) in [7, 11) is 0. The summed E-state index contributed by atoms with van der Waals surface area (Å²) in [4.78, 5) is 4.53. The summed E-state index contributed by atoms with van der Waals surface area (Å²) in [5.74, 6) is 0.974. The number of nitrogens with zero attached hydrogens (tertiary/aromatic N) is 1. The number of thiazole rings is 1. The van der Waals surface area contributed by atoms with E-state index in [1.165, 1.54) is 30.0 Å². The predicted molar refractivity (Wildman–Crippen MR) is 47.9 cm³/mol. The summed E-state index contributed by atoms with van der Waals surface area (Å²) in [5, 5.41) is 3.51. The maximum Gasteiger partial charge on any atom is 0.0925 e. The van der Waals surface area contributed by atoms with E-state index in [4.69, 9.17) is 0 Å². The molecule has 1 heterocycles. The molecule has 1 aliphatic carbocycles. The highest BCUT2D eigenvalue weighted by molar-refractivity contribution is 7.09. The van der Waals surface area contributed by atoms with Crippen molar-refractivity contribution in [2.24, 2.45) is 5.92 Å². The van der Waals surface area contributed by atoms with E-state index in [-0.39, 0.29) is 0 Å². The fourth-order valence-electron chi connectivity index (χ4n) is 1.22. The van der Waals surface area contributed by atoms with Gasteiger partial charge >= 0.3 is 0 Å². The van der Waals surface area contributed by atoms with E-state index in [1.807, 2.05) is 11.3 Å². The molecule has 2 heteroatoms. The third-order valence-corrected chi connectivity index (χ3v) is 3.14. The lowest BCUT2D eigenvalue weighted by atomic mass is 10.2. The minimum atomic E-state index is 0.974. The first-order chi connectivity index (χ1) is 5.38. The van der Waals surface area contributed by atoms with Crippen LogP contribution in [-0.4, -0.2) is 4.98 Å². The highest BCUT2D eigenvalue weighted by atomic mass is 32.1. The molecule has 1 nitrogen and oxygen atoms in total. The zero-order valence-corrected chi connectivity index (χ0v) is 7.66. The van der Waals surface area contributed by atoms with E-state index in [1.54, 1.807) is 0 Å². The van der Waals surface area contributed by atoms with Gasteiger partial charge in [0, 0.05) is 5.38 Å². The van der Waals surface area contributed by atoms with Gasteiger partial charge in [-0.15, -0.1) is 11.3 Å². The number of rotatable bonds is 3. The first kappa shape index (κ1) is 7.29. The molecule has 0 bridgehead atoms. The van der Waals surface area contributed by atoms with Crippen molar-refractivity contribution in [1.82, 2.24) is 4.98 Å². The molecule has 11 heavy (non-hydrogen) atoms. The minimum absolute atomic E-state index is 0.974. The van der Waals surface area contributed by atoms with Gasteiger partial charge in [-0.25, -0.2) is 4.98 Å². The van der Waals surface area contributed by atoms with Gasteiger partial charge in [-0.1, -0.05) is 6.92 Å². The first-order valence-corrected chi connectivity index (χ1v) is 5.19. The molecule has 0 radical (unpaired) electrons. The molecule has 60 valence electrons. The second-order valence-corrected chi connectivity index (χ2v) is 4.18. The Bertz CT molecular complexity index is 237. The van der Waals surface area contributed by atoms with Gasteiger partial charge in [0.2, 0.25) is 0 Å². The zero-order chi connectivity index (χ0) is 7.68. The van der Waals surface area contributed by atoms with Crippen LogP contribution in [0, 0.1) is 5.92 Å². The van der Waals surface area contributed by atoms with Crippen LogP contribution < -0.4 is 0 Å². The smallest absolute Gasteiger partial charge is 0.0925 e. The van der Waals surface area contributed by atoms with Gasteiger partial charge in [-0.05, 0) is 31.6 Å². The predicted octanol–water partition coefficient (Wildman–Crippen LogP) is 2.66. The standard InChI is InChI=1S/C9H13NS/c1-2-9-10-8(6-11-9)5-7-3-4-7/h6-7H,2-5H2,1H3. The molecule has 1 aromatic rings. The van der Waals surface area contributed by atoms with E-state index < -0.39 is 0 Å². The molecule has 0 unspecified atom stereocenters. The number of hydrogen-bond donors (Lipinski definition) is 0. The van der Waals surface area contributed by atoms with Crippen LogP contribution in [0.25, 0.3) is 0 Å². The summed E-state index contributed by atoms with van der Waals surface area (Å²) in [6, 6.07) is 0. The third kappa shape index (κ3) is 1.80. The average molecular weight is 167 g/mol. The van der Waals surface area contributed by atoms with Crippen molar-refractivity contribution in [2.45, 2.75) is 32.6 Å². The zero-order valence-electron chi connectivity index (χ0n) is 6.84. The van der Waals surface area contributed by atoms with Gasteiger partial charge in [0.15, 0.2) is 0 Å². The number of aryl methyl sites for hydroxylation is 1. The largest absolute Gasteiger partial charge is 0.246 e. The molecule has 0 N–H and O–H groups in total. The molecule has 1 aromatic heterocycles. The van der Waals surface area contributed by atoms with E-state index >= 15 is 0 Å². The van der Waals surface area contributed by atoms with Crippen molar-refractivity contribution in [3.63, 3.8) is 0 Å². The number of aromatic nitrogens is 1. The fourth-order valence-corrected chi connectivity index (χ4v) is 1.98. The number of hydrogen-bond acceptors (Lipinski definition) is 2. The van der Waals surface area contributed by atoms with Crippen molar-refractivity contribution in [3.05, 3.63) is 16.1 Å². The Balaban J connectivity index is 1.99. The van der Waals surface area contributed by atoms with E-state index in [2.05, 4.69) is 17.3 Å². The SMILES string of the molecule is CCc1nc(CC2CC2)cs1. The Morgan fingerprint density at radius 3 is 3.00 bits per heavy atom. The summed E-state index contributed by atoms with van der Waals surface area (Å²) in [5.41, 5.74) is 1.33. The van der Waals surface area contributed by atoms with Crippen molar-refractivity contribution >= 4 is 11.3 Å². The molecule has 0 amide bonds. The Hall–Kier alpha value is -0.370. The van der Waals surface area contributed by atoms with Gasteiger partial charge in [0.25, 0.3) is 0 Å². The molecule has 0 atom stereocenters. The second-order valence-electron chi connectivity index (χ2n) is 3.23. The van der Waals surface area contributed by atoms with Gasteiger partial charge in [-0.3, -0.25) is 0 Å². The second kappa shape index (κ2) is 2.94. The van der Waals surface area contributed by atoms with Gasteiger partial charge in [0.05, 0.1) is 10.7 Å². The Labute approximate surface area is 71.5 Å². The van der Waals surface area contributed by atoms with E-state index in [9.17, 15) is 0 Å². The molecular weight excluding hydrogens is 154 g/mol. The highest BCUT2D eigenvalue weighted by Gasteiger charge is 2.22. The maximum absolute atomic E-state index is 4.53. The van der Waals surface area contributed by atoms with Gasteiger partial charge in [-0.2, -0.15) is 0 Å². The minimum Gasteiger partial charge on any atom is -0.246 e. The molecule has 1 aliphatic rings. The average Bonchev–Trinajstić information content (AvgIpc) is 2.68. The van der Waals surface area contributed by atoms with Crippen LogP contribution in [0.4, 0.5) is 0 Å². The summed E-state index contributed by atoms with van der Waals surface area (Å²) in [6.07, 6.45) is 5.18. The van der Waals surface area contributed by atoms with E-state index in [0.717, 1.165) is 12.3 Å². The van der Waals surface area contributed by atoms with Gasteiger partial charge < -0.3 is 0 Å². The van der Waals surface area contributed by atoms with Crippen LogP contribution in [-0.2, 0) is 12.8 Å². The van der Waals surface area contributed by atoms with Crippen LogP contribution in [0.2, 0.25) is 0 Å². The van der Waals surface area contributed by atoms with Crippen LogP contribution in [0.1, 0.15) is 30.5 Å². The van der Waals surface area contributed by atoms with Crippen molar-refractivity contribution in [3.8, 4) is 0 Å². The fraction of sp³-hybridized carbons (Fsp3) is 0.667. The van der Waals surface area contributed by atoms with Crippen LogP contribution in [0.15, 0.2) is 5.38 Å². The van der Waals surface area contributed by atoms with Crippen molar-refractivity contribution < 1.29 is 0 Å². The van der Waals surface area contributed by atoms with Crippen molar-refractivity contribution in [2.75, 3.05) is 0 Å². The Morgan fingerprint density at radius 2 is 2.45 bits per heavy atom. The third-order valence-electron chi connectivity index (χ3n) is 2.10. The lowest BCUT2D eigenvalue weighted by molar-refractivity contribution is 0.805. The molecule has 0 aliphatic heterocycles. The normalized spacial score (nSPS) is 17.2. The lowest BCUT2D eigenvalue weighted by Crippen LogP contribution is -1.87. The Morgan fingerprint density at radius 1 is 1.64 bits per heavy atom. The first-order valence-electron chi connectivity index (χ1n) is 4.31. The van der Waals surface area contributed by atoms with Crippen LogP contribution in [0.3, 0.4) is 0 Å². The molecule has 1 saturated carbocycles. The summed E-state index contributed by atoms with van der Waals surface area (Å²) < 4.78 is 0. The van der Waals surface area contributed by atoms with Gasteiger partial charge in [0.1, 0.15) is 0 Å². The summed E-state index contributed by atoms with van der Waals surface area (Å²) >= 11 is 1.81. The lowest BCUT2D eigenvalue weighted by Gasteiger charge is -1.89. The quantitative estimate of drug-likeness (QED) is 0.674. The van der Waals surface area contributed by atoms with E-state index in [0.29, 0.717) is 0 Å². The molecule has 2 rings (SSSR count). The highest BCUT2D eigenvalue weighted by Crippen LogP contribution is 2.32. The molecule has 0 saturated heterocycles. The van der Waals surface area contributed by atoms with Crippen LogP contribution >= 0.6 is 11.3 Å².